The normalized spacial score (nSPS) is 10.7. The molecule has 0 atom stereocenters. The zero-order valence-corrected chi connectivity index (χ0v) is 11.7. The van der Waals surface area contributed by atoms with E-state index in [1.807, 2.05) is 18.2 Å². The van der Waals surface area contributed by atoms with Gasteiger partial charge in [0.15, 0.2) is 0 Å². The third-order valence-corrected chi connectivity index (χ3v) is 2.93. The third-order valence-electron chi connectivity index (χ3n) is 2.93. The van der Waals surface area contributed by atoms with Gasteiger partial charge < -0.3 is 9.64 Å². The fourth-order valence-electron chi connectivity index (χ4n) is 1.81. The quantitative estimate of drug-likeness (QED) is 0.774. The molecule has 0 aliphatic carbocycles. The average Bonchev–Trinajstić information content (AvgIpc) is 2.36. The molecular formula is C15H22N2O. The van der Waals surface area contributed by atoms with Gasteiger partial charge in [-0.25, -0.2) is 0 Å². The smallest absolute Gasteiger partial charge is 0.136 e. The van der Waals surface area contributed by atoms with E-state index in [-0.39, 0.29) is 0 Å². The molecule has 1 aromatic rings. The minimum Gasteiger partial charge on any atom is -0.495 e. The van der Waals surface area contributed by atoms with Crippen LogP contribution in [0.4, 0.5) is 0 Å². The van der Waals surface area contributed by atoms with Crippen molar-refractivity contribution >= 4 is 0 Å². The lowest BCUT2D eigenvalue weighted by molar-refractivity contribution is 0.303. The van der Waals surface area contributed by atoms with Crippen LogP contribution in [0, 0.1) is 17.2 Å². The Morgan fingerprint density at radius 2 is 2.11 bits per heavy atom. The van der Waals surface area contributed by atoms with E-state index in [9.17, 15) is 0 Å². The average molecular weight is 246 g/mol. The molecule has 0 amide bonds. The SMILES string of the molecule is COc1ccc(CN(C)CCC(C)C)cc1C#N. The lowest BCUT2D eigenvalue weighted by Gasteiger charge is -2.18. The Morgan fingerprint density at radius 3 is 2.67 bits per heavy atom. The molecule has 0 saturated carbocycles. The van der Waals surface area contributed by atoms with E-state index in [0.717, 1.165) is 24.6 Å². The molecule has 0 aliphatic heterocycles. The summed E-state index contributed by atoms with van der Waals surface area (Å²) in [5, 5.41) is 9.04. The summed E-state index contributed by atoms with van der Waals surface area (Å²) >= 11 is 0. The fraction of sp³-hybridized carbons (Fsp3) is 0.533. The van der Waals surface area contributed by atoms with E-state index < -0.39 is 0 Å². The molecule has 0 spiro atoms. The van der Waals surface area contributed by atoms with Crippen LogP contribution in [-0.2, 0) is 6.54 Å². The van der Waals surface area contributed by atoms with E-state index in [2.05, 4.69) is 31.9 Å². The second-order valence-corrected chi connectivity index (χ2v) is 5.07. The third kappa shape index (κ3) is 4.38. The van der Waals surface area contributed by atoms with Crippen LogP contribution in [0.25, 0.3) is 0 Å². The molecule has 18 heavy (non-hydrogen) atoms. The second-order valence-electron chi connectivity index (χ2n) is 5.07. The van der Waals surface area contributed by atoms with Gasteiger partial charge in [0.2, 0.25) is 0 Å². The van der Waals surface area contributed by atoms with Crippen LogP contribution < -0.4 is 4.74 Å². The van der Waals surface area contributed by atoms with Gasteiger partial charge in [-0.05, 0) is 43.6 Å². The molecule has 0 saturated heterocycles. The maximum atomic E-state index is 9.04. The highest BCUT2D eigenvalue weighted by Gasteiger charge is 2.06. The van der Waals surface area contributed by atoms with Crippen LogP contribution in [0.1, 0.15) is 31.4 Å². The molecule has 98 valence electrons. The summed E-state index contributed by atoms with van der Waals surface area (Å²) in [5.41, 5.74) is 1.76. The minimum atomic E-state index is 0.604. The topological polar surface area (TPSA) is 36.3 Å². The van der Waals surface area contributed by atoms with Crippen LogP contribution in [0.5, 0.6) is 5.75 Å². The molecule has 0 aliphatic rings. The first-order valence-corrected chi connectivity index (χ1v) is 6.32. The number of ether oxygens (including phenoxy) is 1. The van der Waals surface area contributed by atoms with Crippen molar-refractivity contribution in [2.45, 2.75) is 26.8 Å². The van der Waals surface area contributed by atoms with Crippen LogP contribution in [0.2, 0.25) is 0 Å². The summed E-state index contributed by atoms with van der Waals surface area (Å²) in [6.45, 7) is 6.40. The molecule has 0 unspecified atom stereocenters. The number of benzene rings is 1. The summed E-state index contributed by atoms with van der Waals surface area (Å²) in [7, 11) is 3.70. The number of rotatable bonds is 6. The van der Waals surface area contributed by atoms with Gasteiger partial charge in [0, 0.05) is 6.54 Å². The lowest BCUT2D eigenvalue weighted by atomic mass is 10.1. The van der Waals surface area contributed by atoms with Crippen LogP contribution >= 0.6 is 0 Å². The van der Waals surface area contributed by atoms with Crippen molar-refractivity contribution in [3.63, 3.8) is 0 Å². The molecule has 3 nitrogen and oxygen atoms in total. The highest BCUT2D eigenvalue weighted by atomic mass is 16.5. The number of hydrogen-bond donors (Lipinski definition) is 0. The maximum Gasteiger partial charge on any atom is 0.136 e. The van der Waals surface area contributed by atoms with Crippen molar-refractivity contribution in [2.75, 3.05) is 20.7 Å². The monoisotopic (exact) mass is 246 g/mol. The first-order valence-electron chi connectivity index (χ1n) is 6.32. The molecule has 0 N–H and O–H groups in total. The van der Waals surface area contributed by atoms with Gasteiger partial charge in [-0.2, -0.15) is 5.26 Å². The molecule has 0 bridgehead atoms. The number of nitrogens with zero attached hydrogens (tertiary/aromatic N) is 2. The summed E-state index contributed by atoms with van der Waals surface area (Å²) in [6, 6.07) is 7.96. The van der Waals surface area contributed by atoms with E-state index in [0.29, 0.717) is 11.3 Å². The van der Waals surface area contributed by atoms with Crippen LogP contribution in [0.15, 0.2) is 18.2 Å². The van der Waals surface area contributed by atoms with Gasteiger partial charge >= 0.3 is 0 Å². The van der Waals surface area contributed by atoms with E-state index in [1.54, 1.807) is 7.11 Å². The first-order chi connectivity index (χ1) is 8.56. The molecule has 0 aromatic heterocycles. The molecule has 1 rings (SSSR count). The van der Waals surface area contributed by atoms with Crippen molar-refractivity contribution in [3.8, 4) is 11.8 Å². The highest BCUT2D eigenvalue weighted by Crippen LogP contribution is 2.19. The first kappa shape index (κ1) is 14.5. The summed E-state index contributed by atoms with van der Waals surface area (Å²) in [6.07, 6.45) is 1.19. The Kier molecular flexibility index (Phi) is 5.67. The zero-order chi connectivity index (χ0) is 13.5. The van der Waals surface area contributed by atoms with E-state index in [1.165, 1.54) is 6.42 Å². The lowest BCUT2D eigenvalue weighted by Crippen LogP contribution is -2.20. The van der Waals surface area contributed by atoms with Gasteiger partial charge in [0.25, 0.3) is 0 Å². The Balaban J connectivity index is 2.65. The molecule has 0 fully saturated rings. The Labute approximate surface area is 110 Å². The molecule has 0 heterocycles. The number of methoxy groups -OCH3 is 1. The fourth-order valence-corrected chi connectivity index (χ4v) is 1.81. The predicted octanol–water partition coefficient (Wildman–Crippen LogP) is 3.04. The van der Waals surface area contributed by atoms with Crippen LogP contribution in [0.3, 0.4) is 0 Å². The van der Waals surface area contributed by atoms with Crippen molar-refractivity contribution in [2.24, 2.45) is 5.92 Å². The van der Waals surface area contributed by atoms with Crippen molar-refractivity contribution in [3.05, 3.63) is 29.3 Å². The van der Waals surface area contributed by atoms with Crippen LogP contribution in [-0.4, -0.2) is 25.6 Å². The zero-order valence-electron chi connectivity index (χ0n) is 11.7. The predicted molar refractivity (Wildman–Crippen MR) is 73.5 cm³/mol. The minimum absolute atomic E-state index is 0.604. The standard InChI is InChI=1S/C15H22N2O/c1-12(2)7-8-17(3)11-13-5-6-15(18-4)14(9-13)10-16/h5-6,9,12H,7-8,11H2,1-4H3. The van der Waals surface area contributed by atoms with Gasteiger partial charge in [0.05, 0.1) is 12.7 Å². The Bertz CT molecular complexity index is 421. The Morgan fingerprint density at radius 1 is 1.39 bits per heavy atom. The van der Waals surface area contributed by atoms with Gasteiger partial charge in [0.1, 0.15) is 11.8 Å². The van der Waals surface area contributed by atoms with Gasteiger partial charge in [-0.3, -0.25) is 0 Å². The number of nitriles is 1. The number of hydrogen-bond acceptors (Lipinski definition) is 3. The second kappa shape index (κ2) is 7.03. The van der Waals surface area contributed by atoms with Crippen molar-refractivity contribution in [1.29, 1.82) is 5.26 Å². The molecular weight excluding hydrogens is 224 g/mol. The molecule has 0 radical (unpaired) electrons. The Hall–Kier alpha value is -1.53. The molecule has 3 heteroatoms. The largest absolute Gasteiger partial charge is 0.495 e. The summed E-state index contributed by atoms with van der Waals surface area (Å²) in [5.74, 6) is 1.36. The van der Waals surface area contributed by atoms with E-state index in [4.69, 9.17) is 10.00 Å². The van der Waals surface area contributed by atoms with Gasteiger partial charge in [-0.1, -0.05) is 19.9 Å². The summed E-state index contributed by atoms with van der Waals surface area (Å²) < 4.78 is 5.14. The molecule has 1 aromatic carbocycles. The maximum absolute atomic E-state index is 9.04. The van der Waals surface area contributed by atoms with Crippen molar-refractivity contribution in [1.82, 2.24) is 4.90 Å². The summed E-state index contributed by atoms with van der Waals surface area (Å²) in [4.78, 5) is 2.28. The van der Waals surface area contributed by atoms with Gasteiger partial charge in [-0.15, -0.1) is 0 Å². The highest BCUT2D eigenvalue weighted by molar-refractivity contribution is 5.45. The van der Waals surface area contributed by atoms with Crippen molar-refractivity contribution < 1.29 is 4.74 Å². The van der Waals surface area contributed by atoms with E-state index >= 15 is 0 Å².